The van der Waals surface area contributed by atoms with Crippen LogP contribution in [0.5, 0.6) is 5.75 Å². The van der Waals surface area contributed by atoms with E-state index < -0.39 is 0 Å². The standard InChI is InChI=1S/C24H23ClN4O2/c1-17(27-24(30)18-8-6-13-26-16-18)23-28-20-10-3-4-11-21(20)29(23)14-7-15-31-22-12-5-2-9-19(22)25/h2-6,8-13,16-17H,7,14-15H2,1H3,(H,27,30). The fraction of sp³-hybridized carbons (Fsp3) is 0.208. The molecule has 0 saturated carbocycles. The molecule has 1 amide bonds. The van der Waals surface area contributed by atoms with Gasteiger partial charge in [0.15, 0.2) is 0 Å². The van der Waals surface area contributed by atoms with E-state index in [1.807, 2.05) is 55.5 Å². The average Bonchev–Trinajstić information content (AvgIpc) is 3.17. The maximum atomic E-state index is 12.6. The first-order chi connectivity index (χ1) is 15.1. The first-order valence-corrected chi connectivity index (χ1v) is 10.5. The Labute approximate surface area is 185 Å². The van der Waals surface area contributed by atoms with Crippen LogP contribution in [0.1, 0.15) is 35.6 Å². The molecule has 0 aliphatic carbocycles. The molecule has 0 spiro atoms. The minimum atomic E-state index is -0.274. The van der Waals surface area contributed by atoms with E-state index in [1.165, 1.54) is 0 Å². The first kappa shape index (κ1) is 20.9. The quantitative estimate of drug-likeness (QED) is 0.394. The lowest BCUT2D eigenvalue weighted by Gasteiger charge is -2.16. The third-order valence-corrected chi connectivity index (χ3v) is 5.28. The van der Waals surface area contributed by atoms with Crippen molar-refractivity contribution in [3.05, 3.63) is 89.5 Å². The summed E-state index contributed by atoms with van der Waals surface area (Å²) in [6.07, 6.45) is 3.96. The maximum absolute atomic E-state index is 12.6. The van der Waals surface area contributed by atoms with Crippen LogP contribution in [0.25, 0.3) is 11.0 Å². The van der Waals surface area contributed by atoms with Gasteiger partial charge in [-0.25, -0.2) is 4.98 Å². The zero-order valence-electron chi connectivity index (χ0n) is 17.2. The summed E-state index contributed by atoms with van der Waals surface area (Å²) in [6, 6.07) is 18.6. The predicted molar refractivity (Wildman–Crippen MR) is 121 cm³/mol. The van der Waals surface area contributed by atoms with Crippen LogP contribution in [-0.2, 0) is 6.54 Å². The molecule has 1 unspecified atom stereocenters. The number of carbonyl (C=O) groups excluding carboxylic acids is 1. The number of amides is 1. The maximum Gasteiger partial charge on any atom is 0.253 e. The second kappa shape index (κ2) is 9.62. The van der Waals surface area contributed by atoms with Crippen molar-refractivity contribution >= 4 is 28.5 Å². The fourth-order valence-electron chi connectivity index (χ4n) is 3.47. The molecule has 4 rings (SSSR count). The van der Waals surface area contributed by atoms with Gasteiger partial charge in [-0.2, -0.15) is 0 Å². The number of hydrogen-bond donors (Lipinski definition) is 1. The number of aromatic nitrogens is 3. The van der Waals surface area contributed by atoms with Gasteiger partial charge >= 0.3 is 0 Å². The summed E-state index contributed by atoms with van der Waals surface area (Å²) in [5.74, 6) is 1.30. The highest BCUT2D eigenvalue weighted by Crippen LogP contribution is 2.24. The predicted octanol–water partition coefficient (Wildman–Crippen LogP) is 5.04. The van der Waals surface area contributed by atoms with E-state index in [0.29, 0.717) is 29.5 Å². The van der Waals surface area contributed by atoms with E-state index in [-0.39, 0.29) is 11.9 Å². The van der Waals surface area contributed by atoms with Gasteiger partial charge in [0.25, 0.3) is 5.91 Å². The largest absolute Gasteiger partial charge is 0.492 e. The zero-order chi connectivity index (χ0) is 21.6. The average molecular weight is 435 g/mol. The van der Waals surface area contributed by atoms with E-state index in [1.54, 1.807) is 24.5 Å². The minimum Gasteiger partial charge on any atom is -0.492 e. The van der Waals surface area contributed by atoms with Gasteiger partial charge in [0.1, 0.15) is 11.6 Å². The molecule has 0 fully saturated rings. The Bertz CT molecular complexity index is 1180. The van der Waals surface area contributed by atoms with Gasteiger partial charge in [-0.05, 0) is 49.7 Å². The molecule has 7 heteroatoms. The summed E-state index contributed by atoms with van der Waals surface area (Å²) in [6.45, 7) is 3.16. The highest BCUT2D eigenvalue weighted by atomic mass is 35.5. The van der Waals surface area contributed by atoms with Gasteiger partial charge in [0, 0.05) is 18.9 Å². The van der Waals surface area contributed by atoms with Crippen LogP contribution >= 0.6 is 11.6 Å². The van der Waals surface area contributed by atoms with Gasteiger partial charge in [0.2, 0.25) is 0 Å². The number of fused-ring (bicyclic) bond motifs is 1. The Morgan fingerprint density at radius 1 is 1.13 bits per heavy atom. The highest BCUT2D eigenvalue weighted by Gasteiger charge is 2.19. The van der Waals surface area contributed by atoms with Crippen LogP contribution in [-0.4, -0.2) is 27.0 Å². The van der Waals surface area contributed by atoms with Crippen molar-refractivity contribution < 1.29 is 9.53 Å². The highest BCUT2D eigenvalue weighted by molar-refractivity contribution is 6.32. The van der Waals surface area contributed by atoms with Crippen LogP contribution < -0.4 is 10.1 Å². The van der Waals surface area contributed by atoms with Gasteiger partial charge < -0.3 is 14.6 Å². The molecule has 2 aromatic heterocycles. The number of carbonyl (C=O) groups is 1. The lowest BCUT2D eigenvalue weighted by molar-refractivity contribution is 0.0937. The normalized spacial score (nSPS) is 11.9. The molecule has 0 aliphatic rings. The van der Waals surface area contributed by atoms with Crippen molar-refractivity contribution in [2.75, 3.05) is 6.61 Å². The van der Waals surface area contributed by atoms with Crippen molar-refractivity contribution in [1.82, 2.24) is 19.9 Å². The first-order valence-electron chi connectivity index (χ1n) is 10.2. The fourth-order valence-corrected chi connectivity index (χ4v) is 3.66. The van der Waals surface area contributed by atoms with Crippen molar-refractivity contribution in [1.29, 1.82) is 0 Å². The van der Waals surface area contributed by atoms with Crippen LogP contribution in [0.3, 0.4) is 0 Å². The Morgan fingerprint density at radius 3 is 2.74 bits per heavy atom. The monoisotopic (exact) mass is 434 g/mol. The molecule has 2 aromatic carbocycles. The Morgan fingerprint density at radius 2 is 1.94 bits per heavy atom. The summed E-state index contributed by atoms with van der Waals surface area (Å²) < 4.78 is 7.97. The van der Waals surface area contributed by atoms with E-state index in [2.05, 4.69) is 14.9 Å². The zero-order valence-corrected chi connectivity index (χ0v) is 17.9. The molecule has 0 radical (unpaired) electrons. The number of halogens is 1. The molecule has 0 bridgehead atoms. The molecular weight excluding hydrogens is 412 g/mol. The van der Waals surface area contributed by atoms with Crippen molar-refractivity contribution in [3.8, 4) is 5.75 Å². The molecule has 1 atom stereocenters. The summed E-state index contributed by atoms with van der Waals surface area (Å²) in [4.78, 5) is 21.4. The van der Waals surface area contributed by atoms with E-state index >= 15 is 0 Å². The summed E-state index contributed by atoms with van der Waals surface area (Å²) in [5, 5.41) is 3.63. The summed E-state index contributed by atoms with van der Waals surface area (Å²) in [5.41, 5.74) is 2.44. The van der Waals surface area contributed by atoms with E-state index in [9.17, 15) is 4.79 Å². The smallest absolute Gasteiger partial charge is 0.253 e. The second-order valence-electron chi connectivity index (χ2n) is 7.18. The number of aryl methyl sites for hydroxylation is 1. The van der Waals surface area contributed by atoms with Gasteiger partial charge in [0.05, 0.1) is 34.3 Å². The van der Waals surface area contributed by atoms with Crippen molar-refractivity contribution in [3.63, 3.8) is 0 Å². The lowest BCUT2D eigenvalue weighted by atomic mass is 10.2. The SMILES string of the molecule is CC(NC(=O)c1cccnc1)c1nc2ccccc2n1CCCOc1ccccc1Cl. The third kappa shape index (κ3) is 4.86. The van der Waals surface area contributed by atoms with Crippen LogP contribution in [0.2, 0.25) is 5.02 Å². The van der Waals surface area contributed by atoms with Gasteiger partial charge in [-0.1, -0.05) is 35.9 Å². The Hall–Kier alpha value is -3.38. The lowest BCUT2D eigenvalue weighted by Crippen LogP contribution is -2.29. The number of nitrogens with one attached hydrogen (secondary N) is 1. The molecule has 0 saturated heterocycles. The summed E-state index contributed by atoms with van der Waals surface area (Å²) in [7, 11) is 0. The number of ether oxygens (including phenoxy) is 1. The molecule has 6 nitrogen and oxygen atoms in total. The number of pyridine rings is 1. The van der Waals surface area contributed by atoms with Crippen LogP contribution in [0.4, 0.5) is 0 Å². The number of benzene rings is 2. The number of para-hydroxylation sites is 3. The van der Waals surface area contributed by atoms with Crippen molar-refractivity contribution in [2.24, 2.45) is 0 Å². The van der Waals surface area contributed by atoms with E-state index in [0.717, 1.165) is 23.3 Å². The van der Waals surface area contributed by atoms with Crippen LogP contribution in [0.15, 0.2) is 73.1 Å². The third-order valence-electron chi connectivity index (χ3n) is 4.96. The molecule has 2 heterocycles. The second-order valence-corrected chi connectivity index (χ2v) is 7.59. The minimum absolute atomic E-state index is 0.179. The Balaban J connectivity index is 1.49. The summed E-state index contributed by atoms with van der Waals surface area (Å²) >= 11 is 6.16. The number of nitrogens with zero attached hydrogens (tertiary/aromatic N) is 3. The number of hydrogen-bond acceptors (Lipinski definition) is 4. The number of rotatable bonds is 8. The molecule has 31 heavy (non-hydrogen) atoms. The number of imidazole rings is 1. The molecule has 4 aromatic rings. The molecule has 158 valence electrons. The molecular formula is C24H23ClN4O2. The van der Waals surface area contributed by atoms with Gasteiger partial charge in [-0.15, -0.1) is 0 Å². The molecule has 1 N–H and O–H groups in total. The molecule has 0 aliphatic heterocycles. The van der Waals surface area contributed by atoms with Gasteiger partial charge in [-0.3, -0.25) is 9.78 Å². The topological polar surface area (TPSA) is 69.0 Å². The Kier molecular flexibility index (Phi) is 6.48. The van der Waals surface area contributed by atoms with Crippen LogP contribution in [0, 0.1) is 0 Å². The van der Waals surface area contributed by atoms with E-state index in [4.69, 9.17) is 21.3 Å². The van der Waals surface area contributed by atoms with Crippen molar-refractivity contribution in [2.45, 2.75) is 25.9 Å².